The van der Waals surface area contributed by atoms with Crippen LogP contribution in [0.2, 0.25) is 0 Å². The number of nitriles is 1. The predicted molar refractivity (Wildman–Crippen MR) is 52.8 cm³/mol. The Hall–Kier alpha value is -1.14. The fraction of sp³-hybridized carbons (Fsp3) is 0.222. The minimum absolute atomic E-state index is 0.571. The zero-order valence-electron chi connectivity index (χ0n) is 6.87. The van der Waals surface area contributed by atoms with E-state index in [4.69, 9.17) is 11.0 Å². The highest BCUT2D eigenvalue weighted by atomic mass is 32.2. The third-order valence-corrected chi connectivity index (χ3v) is 2.22. The van der Waals surface area contributed by atoms with Crippen molar-refractivity contribution in [3.05, 3.63) is 29.3 Å². The highest BCUT2D eigenvalue weighted by molar-refractivity contribution is 7.97. The lowest BCUT2D eigenvalue weighted by Crippen LogP contribution is -1.95. The highest BCUT2D eigenvalue weighted by Crippen LogP contribution is 2.20. The van der Waals surface area contributed by atoms with E-state index in [1.165, 1.54) is 0 Å². The van der Waals surface area contributed by atoms with Crippen LogP contribution in [0.1, 0.15) is 11.1 Å². The molecule has 0 aliphatic carbocycles. The molecule has 0 spiro atoms. The Bertz CT molecular complexity index is 315. The van der Waals surface area contributed by atoms with Crippen LogP contribution in [0.5, 0.6) is 0 Å². The second-order valence-corrected chi connectivity index (χ2v) is 3.29. The van der Waals surface area contributed by atoms with Crippen molar-refractivity contribution in [2.45, 2.75) is 5.75 Å². The molecule has 62 valence electrons. The van der Waals surface area contributed by atoms with Crippen molar-refractivity contribution in [1.29, 1.82) is 5.26 Å². The molecule has 0 saturated carbocycles. The first-order valence-corrected chi connectivity index (χ1v) is 4.95. The molecule has 1 aromatic carbocycles. The van der Waals surface area contributed by atoms with Crippen LogP contribution in [-0.2, 0) is 5.75 Å². The molecule has 0 aliphatic heterocycles. The van der Waals surface area contributed by atoms with Crippen molar-refractivity contribution in [2.75, 3.05) is 12.0 Å². The van der Waals surface area contributed by atoms with Crippen molar-refractivity contribution in [1.82, 2.24) is 0 Å². The molecule has 2 N–H and O–H groups in total. The van der Waals surface area contributed by atoms with Crippen molar-refractivity contribution in [2.24, 2.45) is 0 Å². The Morgan fingerprint density at radius 2 is 2.33 bits per heavy atom. The Kier molecular flexibility index (Phi) is 3.01. The zero-order chi connectivity index (χ0) is 8.97. The Morgan fingerprint density at radius 1 is 1.58 bits per heavy atom. The number of hydrogen-bond donors (Lipinski definition) is 1. The molecule has 0 radical (unpaired) electrons. The van der Waals surface area contributed by atoms with E-state index in [1.54, 1.807) is 17.8 Å². The van der Waals surface area contributed by atoms with Gasteiger partial charge in [0.25, 0.3) is 0 Å². The molecule has 0 heterocycles. The summed E-state index contributed by atoms with van der Waals surface area (Å²) in [4.78, 5) is 0. The van der Waals surface area contributed by atoms with E-state index in [9.17, 15) is 0 Å². The molecule has 1 rings (SSSR count). The average Bonchev–Trinajstić information content (AvgIpc) is 2.09. The number of rotatable bonds is 2. The molecule has 0 saturated heterocycles. The maximum absolute atomic E-state index is 8.67. The first-order chi connectivity index (χ1) is 5.79. The summed E-state index contributed by atoms with van der Waals surface area (Å²) in [7, 11) is 0. The quantitative estimate of drug-likeness (QED) is 0.705. The van der Waals surface area contributed by atoms with Crippen LogP contribution in [-0.4, -0.2) is 6.26 Å². The summed E-state index contributed by atoms with van der Waals surface area (Å²) >= 11 is 1.70. The number of nitrogen functional groups attached to an aromatic ring is 1. The monoisotopic (exact) mass is 178 g/mol. The standard InChI is InChI=1S/C9H10N2S/c1-12-6-8-4-2-3-7(5-10)9(8)11/h2-4H,6,11H2,1H3. The van der Waals surface area contributed by atoms with Gasteiger partial charge in [-0.1, -0.05) is 12.1 Å². The summed E-state index contributed by atoms with van der Waals surface area (Å²) in [6, 6.07) is 7.61. The number of hydrogen-bond acceptors (Lipinski definition) is 3. The molecule has 1 aromatic rings. The molecule has 0 atom stereocenters. The van der Waals surface area contributed by atoms with Gasteiger partial charge < -0.3 is 5.73 Å². The molecule has 0 bridgehead atoms. The molecule has 3 heteroatoms. The number of para-hydroxylation sites is 1. The van der Waals surface area contributed by atoms with Gasteiger partial charge in [0.2, 0.25) is 0 Å². The summed E-state index contributed by atoms with van der Waals surface area (Å²) in [5.74, 6) is 0.862. The van der Waals surface area contributed by atoms with Crippen LogP contribution >= 0.6 is 11.8 Å². The maximum Gasteiger partial charge on any atom is 0.101 e. The van der Waals surface area contributed by atoms with E-state index in [0.717, 1.165) is 11.3 Å². The third-order valence-electron chi connectivity index (χ3n) is 1.62. The van der Waals surface area contributed by atoms with Gasteiger partial charge in [-0.25, -0.2) is 0 Å². The molecule has 2 nitrogen and oxygen atoms in total. The minimum atomic E-state index is 0.571. The summed E-state index contributed by atoms with van der Waals surface area (Å²) in [6.45, 7) is 0. The van der Waals surface area contributed by atoms with Crippen LogP contribution in [0.3, 0.4) is 0 Å². The normalized spacial score (nSPS) is 9.33. The number of benzene rings is 1. The molecule has 0 fully saturated rings. The van der Waals surface area contributed by atoms with Crippen molar-refractivity contribution in [3.8, 4) is 6.07 Å². The zero-order valence-corrected chi connectivity index (χ0v) is 7.69. The number of nitrogens with zero attached hydrogens (tertiary/aromatic N) is 1. The van der Waals surface area contributed by atoms with Crippen molar-refractivity contribution in [3.63, 3.8) is 0 Å². The summed E-state index contributed by atoms with van der Waals surface area (Å²) in [5.41, 5.74) is 7.98. The van der Waals surface area contributed by atoms with Crippen molar-refractivity contribution >= 4 is 17.4 Å². The summed E-state index contributed by atoms with van der Waals surface area (Å²) < 4.78 is 0. The summed E-state index contributed by atoms with van der Waals surface area (Å²) in [5, 5.41) is 8.67. The number of thioether (sulfide) groups is 1. The van der Waals surface area contributed by atoms with Gasteiger partial charge in [0, 0.05) is 5.75 Å². The van der Waals surface area contributed by atoms with E-state index < -0.39 is 0 Å². The largest absolute Gasteiger partial charge is 0.397 e. The van der Waals surface area contributed by atoms with Gasteiger partial charge in [0.1, 0.15) is 6.07 Å². The van der Waals surface area contributed by atoms with Gasteiger partial charge in [-0.15, -0.1) is 0 Å². The average molecular weight is 178 g/mol. The Balaban J connectivity index is 3.07. The van der Waals surface area contributed by atoms with Gasteiger partial charge in [-0.3, -0.25) is 0 Å². The number of nitrogens with two attached hydrogens (primary N) is 1. The first kappa shape index (κ1) is 8.95. The van der Waals surface area contributed by atoms with Crippen LogP contribution in [0.25, 0.3) is 0 Å². The van der Waals surface area contributed by atoms with Gasteiger partial charge in [-0.05, 0) is 17.9 Å². The topological polar surface area (TPSA) is 49.8 Å². The Morgan fingerprint density at radius 3 is 2.92 bits per heavy atom. The number of anilines is 1. The Labute approximate surface area is 76.4 Å². The van der Waals surface area contributed by atoms with E-state index in [2.05, 4.69) is 6.07 Å². The van der Waals surface area contributed by atoms with Crippen LogP contribution in [0.4, 0.5) is 5.69 Å². The van der Waals surface area contributed by atoms with E-state index in [1.807, 2.05) is 18.4 Å². The second-order valence-electron chi connectivity index (χ2n) is 2.42. The fourth-order valence-corrected chi connectivity index (χ4v) is 1.55. The van der Waals surface area contributed by atoms with Gasteiger partial charge >= 0.3 is 0 Å². The lowest BCUT2D eigenvalue weighted by molar-refractivity contribution is 1.39. The molecular weight excluding hydrogens is 168 g/mol. The maximum atomic E-state index is 8.67. The molecule has 0 amide bonds. The van der Waals surface area contributed by atoms with Crippen LogP contribution in [0.15, 0.2) is 18.2 Å². The van der Waals surface area contributed by atoms with E-state index in [-0.39, 0.29) is 0 Å². The van der Waals surface area contributed by atoms with Gasteiger partial charge in [-0.2, -0.15) is 17.0 Å². The van der Waals surface area contributed by atoms with Crippen LogP contribution < -0.4 is 5.73 Å². The molecule has 0 aromatic heterocycles. The molecule has 0 aliphatic rings. The second kappa shape index (κ2) is 4.03. The SMILES string of the molecule is CSCc1cccc(C#N)c1N. The fourth-order valence-electron chi connectivity index (χ4n) is 0.992. The van der Waals surface area contributed by atoms with Gasteiger partial charge in [0.05, 0.1) is 11.3 Å². The van der Waals surface area contributed by atoms with E-state index >= 15 is 0 Å². The third kappa shape index (κ3) is 1.72. The van der Waals surface area contributed by atoms with Crippen LogP contribution in [0, 0.1) is 11.3 Å². The lowest BCUT2D eigenvalue weighted by atomic mass is 10.1. The molecular formula is C9H10N2S. The highest BCUT2D eigenvalue weighted by Gasteiger charge is 2.02. The van der Waals surface area contributed by atoms with Crippen molar-refractivity contribution < 1.29 is 0 Å². The lowest BCUT2D eigenvalue weighted by Gasteiger charge is -2.03. The smallest absolute Gasteiger partial charge is 0.101 e. The van der Waals surface area contributed by atoms with E-state index in [0.29, 0.717) is 11.3 Å². The summed E-state index contributed by atoms with van der Waals surface area (Å²) in [6.07, 6.45) is 2.01. The minimum Gasteiger partial charge on any atom is -0.397 e. The first-order valence-electron chi connectivity index (χ1n) is 3.56. The molecule has 0 unspecified atom stereocenters. The predicted octanol–water partition coefficient (Wildman–Crippen LogP) is 2.00. The van der Waals surface area contributed by atoms with Gasteiger partial charge in [0.15, 0.2) is 0 Å². The molecule has 12 heavy (non-hydrogen) atoms.